The molecule has 0 aliphatic carbocycles. The van der Waals surface area contributed by atoms with Crippen molar-refractivity contribution in [2.75, 3.05) is 33.5 Å². The van der Waals surface area contributed by atoms with E-state index in [1.165, 1.54) is 12.0 Å². The number of hydroxylamine groups is 2. The Labute approximate surface area is 150 Å². The van der Waals surface area contributed by atoms with Crippen molar-refractivity contribution < 1.29 is 37.4 Å². The zero-order valence-corrected chi connectivity index (χ0v) is 14.9. The van der Waals surface area contributed by atoms with Crippen LogP contribution in [0.2, 0.25) is 0 Å². The van der Waals surface area contributed by atoms with Gasteiger partial charge in [0.15, 0.2) is 0 Å². The quantitative estimate of drug-likeness (QED) is 0.653. The average molecular weight is 378 g/mol. The van der Waals surface area contributed by atoms with Crippen molar-refractivity contribution >= 4 is 12.0 Å². The van der Waals surface area contributed by atoms with Gasteiger partial charge in [-0.3, -0.25) is 0 Å². The Kier molecular flexibility index (Phi) is 5.36. The summed E-state index contributed by atoms with van der Waals surface area (Å²) in [4.78, 5) is 30.4. The number of esters is 1. The van der Waals surface area contributed by atoms with Gasteiger partial charge < -0.3 is 19.1 Å². The van der Waals surface area contributed by atoms with Gasteiger partial charge in [-0.25, -0.2) is 9.59 Å². The maximum Gasteiger partial charge on any atom is 0.477 e. The number of alkyl halides is 2. The summed E-state index contributed by atoms with van der Waals surface area (Å²) in [5.41, 5.74) is -1.03. The second-order valence-corrected chi connectivity index (χ2v) is 7.16. The van der Waals surface area contributed by atoms with E-state index in [2.05, 4.69) is 4.84 Å². The third-order valence-electron chi connectivity index (χ3n) is 5.15. The molecule has 0 unspecified atom stereocenters. The fourth-order valence-electron chi connectivity index (χ4n) is 3.55. The number of carbonyl (C=O) groups excluding carboxylic acids is 2. The third kappa shape index (κ3) is 3.77. The van der Waals surface area contributed by atoms with Crippen molar-refractivity contribution in [3.05, 3.63) is 0 Å². The highest BCUT2D eigenvalue weighted by Crippen LogP contribution is 2.34. The number of ether oxygens (including phenoxy) is 3. The lowest BCUT2D eigenvalue weighted by Crippen LogP contribution is -2.48. The summed E-state index contributed by atoms with van der Waals surface area (Å²) in [6, 6.07) is -1.38. The molecule has 3 heterocycles. The van der Waals surface area contributed by atoms with Crippen LogP contribution in [-0.4, -0.2) is 79.2 Å². The van der Waals surface area contributed by atoms with Crippen LogP contribution < -0.4 is 0 Å². The number of piperidine rings is 1. The first-order chi connectivity index (χ1) is 12.3. The summed E-state index contributed by atoms with van der Waals surface area (Å²) in [6.45, 7) is 2.84. The molecule has 0 spiro atoms. The second-order valence-electron chi connectivity index (χ2n) is 7.16. The number of urea groups is 1. The highest BCUT2D eigenvalue weighted by molar-refractivity contribution is 5.79. The minimum Gasteiger partial charge on any atom is -0.453 e. The lowest BCUT2D eigenvalue weighted by atomic mass is 9.97. The summed E-state index contributed by atoms with van der Waals surface area (Å²) in [7, 11) is 1.52. The van der Waals surface area contributed by atoms with Gasteiger partial charge in [0.25, 0.3) is 0 Å². The van der Waals surface area contributed by atoms with E-state index in [1.54, 1.807) is 6.92 Å². The van der Waals surface area contributed by atoms with Gasteiger partial charge >= 0.3 is 18.1 Å². The molecule has 2 bridgehead atoms. The molecule has 148 valence electrons. The van der Waals surface area contributed by atoms with E-state index in [0.717, 1.165) is 0 Å². The zero-order chi connectivity index (χ0) is 18.9. The van der Waals surface area contributed by atoms with E-state index >= 15 is 0 Å². The minimum absolute atomic E-state index is 0.181. The molecule has 0 radical (unpaired) electrons. The summed E-state index contributed by atoms with van der Waals surface area (Å²) in [5, 5.41) is 0.614. The highest BCUT2D eigenvalue weighted by atomic mass is 19.3. The first-order valence-corrected chi connectivity index (χ1v) is 8.73. The van der Waals surface area contributed by atoms with E-state index < -0.39 is 29.8 Å². The van der Waals surface area contributed by atoms with Crippen molar-refractivity contribution in [1.82, 2.24) is 9.96 Å². The Morgan fingerprint density at radius 2 is 2.04 bits per heavy atom. The topological polar surface area (TPSA) is 77.5 Å². The highest BCUT2D eigenvalue weighted by Gasteiger charge is 2.54. The predicted octanol–water partition coefficient (Wildman–Crippen LogP) is 1.54. The number of carbonyl (C=O) groups is 2. The van der Waals surface area contributed by atoms with Crippen LogP contribution in [0, 0.1) is 0 Å². The zero-order valence-electron chi connectivity index (χ0n) is 14.9. The molecule has 3 aliphatic heterocycles. The number of hydrogen-bond acceptors (Lipinski definition) is 6. The Morgan fingerprint density at radius 1 is 1.35 bits per heavy atom. The van der Waals surface area contributed by atoms with Gasteiger partial charge in [0.2, 0.25) is 0 Å². The van der Waals surface area contributed by atoms with Gasteiger partial charge in [-0.2, -0.15) is 18.7 Å². The Balaban J connectivity index is 1.63. The molecule has 8 nitrogen and oxygen atoms in total. The van der Waals surface area contributed by atoms with Crippen LogP contribution in [0.5, 0.6) is 0 Å². The minimum atomic E-state index is -4.24. The van der Waals surface area contributed by atoms with Gasteiger partial charge in [0, 0.05) is 26.5 Å². The Hall–Kier alpha value is -1.52. The fraction of sp³-hybridized carbons (Fsp3) is 0.875. The smallest absolute Gasteiger partial charge is 0.453 e. The van der Waals surface area contributed by atoms with Crippen LogP contribution in [0.15, 0.2) is 0 Å². The van der Waals surface area contributed by atoms with E-state index in [9.17, 15) is 18.4 Å². The fourth-order valence-corrected chi connectivity index (χ4v) is 3.55. The summed E-state index contributed by atoms with van der Waals surface area (Å²) in [6.07, 6.45) is -2.47. The van der Waals surface area contributed by atoms with Crippen LogP contribution in [0.25, 0.3) is 0 Å². The molecule has 3 saturated heterocycles. The molecule has 3 rings (SSSR count). The molecule has 3 fully saturated rings. The van der Waals surface area contributed by atoms with Crippen LogP contribution in [0.4, 0.5) is 13.6 Å². The Bertz CT molecular complexity index is 555. The maximum atomic E-state index is 14.3. The molecule has 3 aliphatic rings. The van der Waals surface area contributed by atoms with Crippen LogP contribution >= 0.6 is 0 Å². The molecule has 26 heavy (non-hydrogen) atoms. The molecule has 0 aromatic heterocycles. The number of nitrogens with zero attached hydrogens (tertiary/aromatic N) is 2. The molecule has 0 N–H and O–H groups in total. The summed E-state index contributed by atoms with van der Waals surface area (Å²) < 4.78 is 43.8. The second kappa shape index (κ2) is 7.24. The van der Waals surface area contributed by atoms with Crippen LogP contribution in [0.3, 0.4) is 0 Å². The largest absolute Gasteiger partial charge is 0.477 e. The van der Waals surface area contributed by atoms with E-state index in [-0.39, 0.29) is 12.6 Å². The van der Waals surface area contributed by atoms with Gasteiger partial charge in [0.1, 0.15) is 5.60 Å². The Morgan fingerprint density at radius 3 is 2.69 bits per heavy atom. The first-order valence-electron chi connectivity index (χ1n) is 8.73. The molecule has 2 atom stereocenters. The normalized spacial score (nSPS) is 28.4. The first kappa shape index (κ1) is 19.2. The van der Waals surface area contributed by atoms with Crippen molar-refractivity contribution in [3.63, 3.8) is 0 Å². The van der Waals surface area contributed by atoms with Crippen molar-refractivity contribution in [2.45, 2.75) is 56.4 Å². The standard InChI is InChI=1S/C16H24F2N2O6/c1-15(5-7-24-8-6-15)25-13(21)16(17,18)26-20-11-3-4-12(10-23-2)19(9-11)14(20)22/h11-12H,3-10H2,1-2H3/t11-,12+/m1/s1. The van der Waals surface area contributed by atoms with Crippen LogP contribution in [-0.2, 0) is 23.8 Å². The lowest BCUT2D eigenvalue weighted by molar-refractivity contribution is -0.333. The molecular weight excluding hydrogens is 354 g/mol. The van der Waals surface area contributed by atoms with Crippen molar-refractivity contribution in [3.8, 4) is 0 Å². The molecule has 0 aromatic carbocycles. The summed E-state index contributed by atoms with van der Waals surface area (Å²) in [5.74, 6) is -1.79. The molecular formula is C16H24F2N2O6. The SMILES string of the molecule is COC[C@@H]1CC[C@@H]2CN1C(=O)N2OC(F)(F)C(=O)OC1(C)CCOCC1. The summed E-state index contributed by atoms with van der Waals surface area (Å²) >= 11 is 0. The number of rotatable bonds is 6. The average Bonchev–Trinajstić information content (AvgIpc) is 2.83. The van der Waals surface area contributed by atoms with E-state index in [0.29, 0.717) is 50.6 Å². The third-order valence-corrected chi connectivity index (χ3v) is 5.15. The number of amides is 2. The van der Waals surface area contributed by atoms with Gasteiger partial charge in [-0.1, -0.05) is 0 Å². The van der Waals surface area contributed by atoms with E-state index in [1.807, 2.05) is 0 Å². The molecule has 2 amide bonds. The van der Waals surface area contributed by atoms with Crippen LogP contribution in [0.1, 0.15) is 32.6 Å². The van der Waals surface area contributed by atoms with Gasteiger partial charge in [-0.15, -0.1) is 0 Å². The molecule has 0 aromatic rings. The number of hydrogen-bond donors (Lipinski definition) is 0. The predicted molar refractivity (Wildman–Crippen MR) is 83.2 cm³/mol. The number of fused-ring (bicyclic) bond motifs is 2. The van der Waals surface area contributed by atoms with E-state index in [4.69, 9.17) is 14.2 Å². The lowest BCUT2D eigenvalue weighted by Gasteiger charge is -2.34. The number of halogens is 2. The molecule has 10 heteroatoms. The van der Waals surface area contributed by atoms with Crippen molar-refractivity contribution in [2.24, 2.45) is 0 Å². The van der Waals surface area contributed by atoms with Crippen molar-refractivity contribution in [1.29, 1.82) is 0 Å². The monoisotopic (exact) mass is 378 g/mol. The number of methoxy groups -OCH3 is 1. The molecule has 0 saturated carbocycles. The maximum absolute atomic E-state index is 14.3. The van der Waals surface area contributed by atoms with Gasteiger partial charge in [0.05, 0.1) is 31.9 Å². The van der Waals surface area contributed by atoms with Gasteiger partial charge in [-0.05, 0) is 19.8 Å².